The van der Waals surface area contributed by atoms with Crippen LogP contribution in [-0.2, 0) is 0 Å². The zero-order valence-electron chi connectivity index (χ0n) is 12.6. The van der Waals surface area contributed by atoms with Crippen LogP contribution in [0.4, 0.5) is 0 Å². The Morgan fingerprint density at radius 1 is 0.889 bits per heavy atom. The van der Waals surface area contributed by atoms with E-state index in [9.17, 15) is 0 Å². The Kier molecular flexibility index (Phi) is 9.65. The van der Waals surface area contributed by atoms with Gasteiger partial charge in [0, 0.05) is 0 Å². The third-order valence-electron chi connectivity index (χ3n) is 4.80. The number of rotatable bonds is 11. The first-order chi connectivity index (χ1) is 8.88. The first-order valence-electron chi connectivity index (χ1n) is 8.58. The largest absolute Gasteiger partial charge is 0.330 e. The molecular formula is C17H35N. The highest BCUT2D eigenvalue weighted by Gasteiger charge is 2.23. The lowest BCUT2D eigenvalue weighted by atomic mass is 9.86. The fourth-order valence-corrected chi connectivity index (χ4v) is 3.52. The standard InChI is InChI=1S/C17H35N/c1-2-3-4-5-6-7-8-9-14-17(15-18)16-12-10-11-13-16/h16-17H,2-15,18H2,1H3. The van der Waals surface area contributed by atoms with Crippen LogP contribution in [0.5, 0.6) is 0 Å². The maximum absolute atomic E-state index is 5.95. The quantitative estimate of drug-likeness (QED) is 0.498. The molecule has 1 unspecified atom stereocenters. The number of unbranched alkanes of at least 4 members (excludes halogenated alkanes) is 7. The normalized spacial score (nSPS) is 18.3. The minimum atomic E-state index is 0.840. The van der Waals surface area contributed by atoms with Crippen molar-refractivity contribution in [1.29, 1.82) is 0 Å². The van der Waals surface area contributed by atoms with E-state index in [0.717, 1.165) is 18.4 Å². The van der Waals surface area contributed by atoms with Crippen LogP contribution >= 0.6 is 0 Å². The molecule has 0 aromatic rings. The van der Waals surface area contributed by atoms with Gasteiger partial charge in [0.15, 0.2) is 0 Å². The first kappa shape index (κ1) is 16.0. The van der Waals surface area contributed by atoms with Crippen molar-refractivity contribution in [3.63, 3.8) is 0 Å². The zero-order valence-corrected chi connectivity index (χ0v) is 12.6. The van der Waals surface area contributed by atoms with Crippen LogP contribution in [0.2, 0.25) is 0 Å². The topological polar surface area (TPSA) is 26.0 Å². The summed E-state index contributed by atoms with van der Waals surface area (Å²) in [6.07, 6.45) is 18.7. The molecule has 0 saturated heterocycles. The van der Waals surface area contributed by atoms with Crippen molar-refractivity contribution < 1.29 is 0 Å². The molecular weight excluding hydrogens is 218 g/mol. The fraction of sp³-hybridized carbons (Fsp3) is 1.00. The summed E-state index contributed by atoms with van der Waals surface area (Å²) < 4.78 is 0. The van der Waals surface area contributed by atoms with Gasteiger partial charge in [-0.25, -0.2) is 0 Å². The van der Waals surface area contributed by atoms with Gasteiger partial charge in [0.05, 0.1) is 0 Å². The molecule has 0 heterocycles. The van der Waals surface area contributed by atoms with E-state index in [4.69, 9.17) is 5.73 Å². The second-order valence-corrected chi connectivity index (χ2v) is 6.30. The molecule has 108 valence electrons. The van der Waals surface area contributed by atoms with E-state index in [-0.39, 0.29) is 0 Å². The molecule has 0 amide bonds. The average Bonchev–Trinajstić information content (AvgIpc) is 2.91. The Morgan fingerprint density at radius 3 is 2.00 bits per heavy atom. The highest BCUT2D eigenvalue weighted by Crippen LogP contribution is 2.33. The predicted molar refractivity (Wildman–Crippen MR) is 81.7 cm³/mol. The third kappa shape index (κ3) is 6.78. The number of hydrogen-bond donors (Lipinski definition) is 1. The molecule has 1 saturated carbocycles. The van der Waals surface area contributed by atoms with Crippen LogP contribution in [0.1, 0.15) is 90.4 Å². The molecule has 1 fully saturated rings. The van der Waals surface area contributed by atoms with Gasteiger partial charge in [-0.05, 0) is 24.8 Å². The first-order valence-corrected chi connectivity index (χ1v) is 8.58. The van der Waals surface area contributed by atoms with Gasteiger partial charge in [-0.2, -0.15) is 0 Å². The molecule has 0 aromatic carbocycles. The summed E-state index contributed by atoms with van der Waals surface area (Å²) in [6.45, 7) is 3.22. The lowest BCUT2D eigenvalue weighted by Crippen LogP contribution is -2.21. The van der Waals surface area contributed by atoms with Crippen molar-refractivity contribution in [1.82, 2.24) is 0 Å². The van der Waals surface area contributed by atoms with Gasteiger partial charge in [-0.1, -0.05) is 84.0 Å². The highest BCUT2D eigenvalue weighted by molar-refractivity contribution is 4.76. The highest BCUT2D eigenvalue weighted by atomic mass is 14.6. The molecule has 2 N–H and O–H groups in total. The Hall–Kier alpha value is -0.0400. The van der Waals surface area contributed by atoms with E-state index >= 15 is 0 Å². The minimum absolute atomic E-state index is 0.840. The summed E-state index contributed by atoms with van der Waals surface area (Å²) >= 11 is 0. The smallest absolute Gasteiger partial charge is 0.00462 e. The lowest BCUT2D eigenvalue weighted by molar-refractivity contribution is 0.315. The summed E-state index contributed by atoms with van der Waals surface area (Å²) in [5.41, 5.74) is 5.95. The molecule has 0 aromatic heterocycles. The zero-order chi connectivity index (χ0) is 13.1. The molecule has 0 bridgehead atoms. The van der Waals surface area contributed by atoms with Gasteiger partial charge in [0.2, 0.25) is 0 Å². The van der Waals surface area contributed by atoms with E-state index in [1.54, 1.807) is 0 Å². The average molecular weight is 253 g/mol. The summed E-state index contributed by atoms with van der Waals surface area (Å²) in [4.78, 5) is 0. The Bertz CT molecular complexity index is 172. The van der Waals surface area contributed by atoms with E-state index in [1.165, 1.54) is 83.5 Å². The molecule has 0 aliphatic heterocycles. The monoisotopic (exact) mass is 253 g/mol. The van der Waals surface area contributed by atoms with Crippen LogP contribution in [0.15, 0.2) is 0 Å². The summed E-state index contributed by atoms with van der Waals surface area (Å²) in [5.74, 6) is 1.81. The molecule has 1 nitrogen and oxygen atoms in total. The third-order valence-corrected chi connectivity index (χ3v) is 4.80. The minimum Gasteiger partial charge on any atom is -0.330 e. The van der Waals surface area contributed by atoms with Crippen molar-refractivity contribution in [3.8, 4) is 0 Å². The Balaban J connectivity index is 1.92. The molecule has 1 rings (SSSR count). The number of nitrogens with two attached hydrogens (primary N) is 1. The molecule has 1 aliphatic rings. The van der Waals surface area contributed by atoms with Gasteiger partial charge in [-0.15, -0.1) is 0 Å². The van der Waals surface area contributed by atoms with Gasteiger partial charge in [-0.3, -0.25) is 0 Å². The van der Waals surface area contributed by atoms with Crippen LogP contribution in [0.3, 0.4) is 0 Å². The van der Waals surface area contributed by atoms with Crippen LogP contribution in [0.25, 0.3) is 0 Å². The summed E-state index contributed by atoms with van der Waals surface area (Å²) in [6, 6.07) is 0. The molecule has 1 heteroatoms. The maximum atomic E-state index is 5.95. The molecule has 0 radical (unpaired) electrons. The van der Waals surface area contributed by atoms with Crippen LogP contribution in [0, 0.1) is 11.8 Å². The van der Waals surface area contributed by atoms with Crippen molar-refractivity contribution in [2.24, 2.45) is 17.6 Å². The molecule has 18 heavy (non-hydrogen) atoms. The Morgan fingerprint density at radius 2 is 1.44 bits per heavy atom. The number of hydrogen-bond acceptors (Lipinski definition) is 1. The van der Waals surface area contributed by atoms with Crippen LogP contribution < -0.4 is 5.73 Å². The van der Waals surface area contributed by atoms with Gasteiger partial charge < -0.3 is 5.73 Å². The van der Waals surface area contributed by atoms with Gasteiger partial charge in [0.1, 0.15) is 0 Å². The van der Waals surface area contributed by atoms with E-state index in [1.807, 2.05) is 0 Å². The van der Waals surface area contributed by atoms with Crippen molar-refractivity contribution in [2.75, 3.05) is 6.54 Å². The summed E-state index contributed by atoms with van der Waals surface area (Å²) in [7, 11) is 0. The van der Waals surface area contributed by atoms with Crippen molar-refractivity contribution in [2.45, 2.75) is 90.4 Å². The lowest BCUT2D eigenvalue weighted by Gasteiger charge is -2.21. The van der Waals surface area contributed by atoms with E-state index in [0.29, 0.717) is 0 Å². The molecule has 0 spiro atoms. The molecule has 1 atom stereocenters. The van der Waals surface area contributed by atoms with Crippen molar-refractivity contribution in [3.05, 3.63) is 0 Å². The van der Waals surface area contributed by atoms with Crippen molar-refractivity contribution >= 4 is 0 Å². The second-order valence-electron chi connectivity index (χ2n) is 6.30. The predicted octanol–water partition coefficient (Wildman–Crippen LogP) is 5.28. The SMILES string of the molecule is CCCCCCCCCCC(CN)C1CCCC1. The van der Waals surface area contributed by atoms with E-state index in [2.05, 4.69) is 6.92 Å². The van der Waals surface area contributed by atoms with Crippen LogP contribution in [-0.4, -0.2) is 6.54 Å². The summed E-state index contributed by atoms with van der Waals surface area (Å²) in [5, 5.41) is 0. The molecule has 1 aliphatic carbocycles. The van der Waals surface area contributed by atoms with Gasteiger partial charge in [0.25, 0.3) is 0 Å². The maximum Gasteiger partial charge on any atom is -0.00462 e. The second kappa shape index (κ2) is 10.8. The Labute approximate surface area is 115 Å². The van der Waals surface area contributed by atoms with E-state index < -0.39 is 0 Å². The fourth-order valence-electron chi connectivity index (χ4n) is 3.52. The van der Waals surface area contributed by atoms with Gasteiger partial charge >= 0.3 is 0 Å².